The summed E-state index contributed by atoms with van der Waals surface area (Å²) in [5, 5.41) is 3.01. The Hall–Kier alpha value is -2.08. The molecule has 3 fully saturated rings. The Balaban J connectivity index is 1.56. The number of halogens is 2. The molecule has 1 spiro atoms. The van der Waals surface area contributed by atoms with E-state index in [1.54, 1.807) is 36.4 Å². The summed E-state index contributed by atoms with van der Waals surface area (Å²) in [5.41, 5.74) is 0.834. The quantitative estimate of drug-likeness (QED) is 0.628. The normalized spacial score (nSPS) is 25.7. The van der Waals surface area contributed by atoms with Gasteiger partial charge in [0, 0.05) is 10.0 Å². The first-order valence-corrected chi connectivity index (χ1v) is 10.6. The molecule has 2 saturated heterocycles. The first kappa shape index (κ1) is 18.9. The zero-order chi connectivity index (χ0) is 20.2. The maximum Gasteiger partial charge on any atom is 0.266 e. The van der Waals surface area contributed by atoms with Crippen LogP contribution in [0.4, 0.5) is 11.4 Å². The van der Waals surface area contributed by atoms with Crippen molar-refractivity contribution in [3.63, 3.8) is 0 Å². The van der Waals surface area contributed by atoms with Crippen LogP contribution in [0.2, 0.25) is 10.0 Å². The van der Waals surface area contributed by atoms with Crippen LogP contribution >= 0.6 is 23.2 Å². The fourth-order valence-corrected chi connectivity index (χ4v) is 5.28. The van der Waals surface area contributed by atoms with E-state index in [-0.39, 0.29) is 11.8 Å². The molecule has 2 heterocycles. The van der Waals surface area contributed by atoms with Gasteiger partial charge in [0.15, 0.2) is 6.10 Å². The van der Waals surface area contributed by atoms with Crippen LogP contribution in [0.5, 0.6) is 0 Å². The van der Waals surface area contributed by atoms with Crippen molar-refractivity contribution < 1.29 is 14.4 Å². The summed E-state index contributed by atoms with van der Waals surface area (Å²) in [5.74, 6) is -1.04. The van der Waals surface area contributed by atoms with Crippen molar-refractivity contribution >= 4 is 46.4 Å². The van der Waals surface area contributed by atoms with E-state index in [0.29, 0.717) is 15.7 Å². The molecule has 2 atom stereocenters. The van der Waals surface area contributed by atoms with Crippen molar-refractivity contribution in [3.05, 3.63) is 58.6 Å². The fraction of sp³-hybridized carbons (Fsp3) is 0.364. The molecule has 5 nitrogen and oxygen atoms in total. The van der Waals surface area contributed by atoms with Gasteiger partial charge in [-0.25, -0.2) is 9.96 Å². The number of imide groups is 1. The Morgan fingerprint density at radius 2 is 1.34 bits per heavy atom. The van der Waals surface area contributed by atoms with Gasteiger partial charge in [0.2, 0.25) is 5.91 Å². The molecule has 3 aliphatic rings. The molecule has 0 N–H and O–H groups in total. The highest BCUT2D eigenvalue weighted by Crippen LogP contribution is 2.52. The summed E-state index contributed by atoms with van der Waals surface area (Å²) in [4.78, 5) is 34.3. The SMILES string of the molecule is O=C1[C@H]2ON(c3ccc(Cl)cc3)C3(CCCCC3)[C@H]2C(=O)N1c1ccc(Cl)cc1. The van der Waals surface area contributed by atoms with Crippen LogP contribution in [0.15, 0.2) is 48.5 Å². The van der Waals surface area contributed by atoms with Crippen molar-refractivity contribution in [3.8, 4) is 0 Å². The second kappa shape index (κ2) is 7.01. The minimum absolute atomic E-state index is 0.194. The highest BCUT2D eigenvalue weighted by atomic mass is 35.5. The number of carbonyl (C=O) groups excluding carboxylic acids is 2. The predicted octanol–water partition coefficient (Wildman–Crippen LogP) is 5.01. The average Bonchev–Trinajstić information content (AvgIpc) is 3.17. The van der Waals surface area contributed by atoms with E-state index in [0.717, 1.165) is 37.8 Å². The summed E-state index contributed by atoms with van der Waals surface area (Å²) in [6, 6.07) is 14.1. The third-order valence-electron chi connectivity index (χ3n) is 6.32. The predicted molar refractivity (Wildman–Crippen MR) is 112 cm³/mol. The molecule has 2 aromatic rings. The topological polar surface area (TPSA) is 49.9 Å². The second-order valence-electron chi connectivity index (χ2n) is 7.93. The first-order chi connectivity index (χ1) is 14.0. The van der Waals surface area contributed by atoms with Crippen LogP contribution in [0, 0.1) is 5.92 Å². The van der Waals surface area contributed by atoms with Crippen LogP contribution in [0.1, 0.15) is 32.1 Å². The van der Waals surface area contributed by atoms with Gasteiger partial charge in [0.05, 0.1) is 16.9 Å². The molecule has 1 saturated carbocycles. The second-order valence-corrected chi connectivity index (χ2v) is 8.80. The number of carbonyl (C=O) groups is 2. The Bertz CT molecular complexity index is 955. The summed E-state index contributed by atoms with van der Waals surface area (Å²) in [6.07, 6.45) is 3.93. The summed E-state index contributed by atoms with van der Waals surface area (Å²) in [6.45, 7) is 0. The Kier molecular flexibility index (Phi) is 4.57. The molecule has 0 bridgehead atoms. The lowest BCUT2D eigenvalue weighted by Gasteiger charge is -2.43. The van der Waals surface area contributed by atoms with E-state index in [1.165, 1.54) is 4.90 Å². The molecule has 29 heavy (non-hydrogen) atoms. The molecule has 0 unspecified atom stereocenters. The van der Waals surface area contributed by atoms with Gasteiger partial charge in [-0.1, -0.05) is 42.5 Å². The van der Waals surface area contributed by atoms with E-state index < -0.39 is 17.6 Å². The Morgan fingerprint density at radius 3 is 1.93 bits per heavy atom. The van der Waals surface area contributed by atoms with Gasteiger partial charge in [-0.05, 0) is 61.4 Å². The molecule has 2 aromatic carbocycles. The fourth-order valence-electron chi connectivity index (χ4n) is 5.03. The van der Waals surface area contributed by atoms with Gasteiger partial charge in [0.25, 0.3) is 5.91 Å². The number of benzene rings is 2. The number of hydrogen-bond acceptors (Lipinski definition) is 4. The largest absolute Gasteiger partial charge is 0.273 e. The zero-order valence-corrected chi connectivity index (χ0v) is 17.2. The Labute approximate surface area is 179 Å². The standard InChI is InChI=1S/C22H20Cl2N2O3/c23-14-4-8-16(9-5-14)25-20(27)18-19(21(25)28)29-26(17-10-6-15(24)7-11-17)22(18)12-2-1-3-13-22/h4-11,18-19H,1-3,12-13H2/t18-,19+/m1/s1. The highest BCUT2D eigenvalue weighted by molar-refractivity contribution is 6.31. The van der Waals surface area contributed by atoms with E-state index in [9.17, 15) is 9.59 Å². The summed E-state index contributed by atoms with van der Waals surface area (Å²) >= 11 is 12.0. The van der Waals surface area contributed by atoms with Gasteiger partial charge in [0.1, 0.15) is 5.92 Å². The van der Waals surface area contributed by atoms with Crippen molar-refractivity contribution in [1.82, 2.24) is 0 Å². The van der Waals surface area contributed by atoms with Crippen LogP contribution in [-0.2, 0) is 14.4 Å². The number of nitrogens with zero attached hydrogens (tertiary/aromatic N) is 2. The van der Waals surface area contributed by atoms with Crippen molar-refractivity contribution in [2.24, 2.45) is 5.92 Å². The van der Waals surface area contributed by atoms with Crippen molar-refractivity contribution in [2.45, 2.75) is 43.7 Å². The number of hydroxylamine groups is 1. The Morgan fingerprint density at radius 1 is 0.793 bits per heavy atom. The minimum Gasteiger partial charge on any atom is -0.273 e. The number of rotatable bonds is 2. The van der Waals surface area contributed by atoms with Gasteiger partial charge >= 0.3 is 0 Å². The molecular formula is C22H20Cl2N2O3. The first-order valence-electron chi connectivity index (χ1n) is 9.87. The lowest BCUT2D eigenvalue weighted by molar-refractivity contribution is -0.126. The average molecular weight is 431 g/mol. The van der Waals surface area contributed by atoms with E-state index in [2.05, 4.69) is 0 Å². The molecule has 2 amide bonds. The van der Waals surface area contributed by atoms with E-state index in [4.69, 9.17) is 28.0 Å². The van der Waals surface area contributed by atoms with Gasteiger partial charge in [-0.15, -0.1) is 0 Å². The molecule has 150 valence electrons. The molecule has 2 aliphatic heterocycles. The molecule has 0 aromatic heterocycles. The molecule has 7 heteroatoms. The maximum atomic E-state index is 13.5. The van der Waals surface area contributed by atoms with Crippen molar-refractivity contribution in [2.75, 3.05) is 9.96 Å². The lowest BCUT2D eigenvalue weighted by Crippen LogP contribution is -2.53. The minimum atomic E-state index is -0.813. The third-order valence-corrected chi connectivity index (χ3v) is 6.82. The number of hydrogen-bond donors (Lipinski definition) is 0. The molecule has 5 rings (SSSR count). The van der Waals surface area contributed by atoms with Crippen LogP contribution < -0.4 is 9.96 Å². The van der Waals surface area contributed by atoms with Crippen LogP contribution in [0.3, 0.4) is 0 Å². The van der Waals surface area contributed by atoms with Crippen molar-refractivity contribution in [1.29, 1.82) is 0 Å². The summed E-state index contributed by atoms with van der Waals surface area (Å²) in [7, 11) is 0. The van der Waals surface area contributed by atoms with Gasteiger partial charge in [-0.2, -0.15) is 0 Å². The maximum absolute atomic E-state index is 13.5. The number of amides is 2. The smallest absolute Gasteiger partial charge is 0.266 e. The summed E-state index contributed by atoms with van der Waals surface area (Å²) < 4.78 is 0. The number of fused-ring (bicyclic) bond motifs is 2. The molecule has 0 radical (unpaired) electrons. The third kappa shape index (κ3) is 2.87. The lowest BCUT2D eigenvalue weighted by atomic mass is 9.71. The van der Waals surface area contributed by atoms with Gasteiger partial charge in [-0.3, -0.25) is 14.4 Å². The van der Waals surface area contributed by atoms with E-state index >= 15 is 0 Å². The number of anilines is 2. The molecular weight excluding hydrogens is 411 g/mol. The van der Waals surface area contributed by atoms with E-state index in [1.807, 2.05) is 17.2 Å². The van der Waals surface area contributed by atoms with Gasteiger partial charge < -0.3 is 0 Å². The zero-order valence-electron chi connectivity index (χ0n) is 15.7. The van der Waals surface area contributed by atoms with Crippen LogP contribution in [-0.4, -0.2) is 23.5 Å². The monoisotopic (exact) mass is 430 g/mol. The molecule has 1 aliphatic carbocycles. The van der Waals surface area contributed by atoms with Crippen LogP contribution in [0.25, 0.3) is 0 Å². The highest BCUT2D eigenvalue weighted by Gasteiger charge is 2.66.